The SMILES string of the molecule is C[N+](C)(C)c1ccc([As](SCCN)SCCN)cc1. The number of benzene rings is 1. The Bertz CT molecular complexity index is 357. The van der Waals surface area contributed by atoms with Gasteiger partial charge in [0.25, 0.3) is 0 Å². The van der Waals surface area contributed by atoms with Crippen molar-refractivity contribution >= 4 is 42.4 Å². The molecule has 1 aromatic carbocycles. The summed E-state index contributed by atoms with van der Waals surface area (Å²) in [5.41, 5.74) is 12.6. The summed E-state index contributed by atoms with van der Waals surface area (Å²) in [5, 5.41) is 0. The summed E-state index contributed by atoms with van der Waals surface area (Å²) in [6.07, 6.45) is 0. The van der Waals surface area contributed by atoms with Crippen molar-refractivity contribution in [3.05, 3.63) is 24.3 Å². The van der Waals surface area contributed by atoms with Gasteiger partial charge >= 0.3 is 128 Å². The van der Waals surface area contributed by atoms with Crippen LogP contribution in [0.15, 0.2) is 24.3 Å². The molecule has 0 amide bonds. The average Bonchev–Trinajstić information content (AvgIpc) is 2.38. The van der Waals surface area contributed by atoms with Crippen LogP contribution in [-0.2, 0) is 0 Å². The minimum absolute atomic E-state index is 0.760. The molecule has 0 bridgehead atoms. The van der Waals surface area contributed by atoms with Crippen LogP contribution in [-0.4, -0.2) is 58.1 Å². The third kappa shape index (κ3) is 6.11. The summed E-state index contributed by atoms with van der Waals surface area (Å²) in [5.74, 6) is 2.10. The van der Waals surface area contributed by atoms with Crippen LogP contribution >= 0.6 is 20.0 Å². The van der Waals surface area contributed by atoms with Crippen molar-refractivity contribution < 1.29 is 0 Å². The molecule has 4 N–H and O–H groups in total. The molecule has 1 aromatic rings. The van der Waals surface area contributed by atoms with Crippen molar-refractivity contribution in [3.8, 4) is 0 Å². The Morgan fingerprint density at radius 3 is 1.79 bits per heavy atom. The Morgan fingerprint density at radius 1 is 0.947 bits per heavy atom. The third-order valence-corrected chi connectivity index (χ3v) is 16.0. The number of nitrogens with two attached hydrogens (primary N) is 2. The van der Waals surface area contributed by atoms with Gasteiger partial charge < -0.3 is 0 Å². The van der Waals surface area contributed by atoms with Crippen molar-refractivity contribution in [2.45, 2.75) is 0 Å². The average molecular weight is 362 g/mol. The van der Waals surface area contributed by atoms with E-state index >= 15 is 0 Å². The van der Waals surface area contributed by atoms with Crippen LogP contribution in [0.2, 0.25) is 0 Å². The van der Waals surface area contributed by atoms with Gasteiger partial charge in [0.15, 0.2) is 0 Å². The summed E-state index contributed by atoms with van der Waals surface area (Å²) in [4.78, 5) is 0. The van der Waals surface area contributed by atoms with Crippen LogP contribution in [0, 0.1) is 0 Å². The van der Waals surface area contributed by atoms with Gasteiger partial charge in [-0.05, 0) is 0 Å². The zero-order valence-corrected chi connectivity index (χ0v) is 15.5. The van der Waals surface area contributed by atoms with Crippen molar-refractivity contribution in [2.75, 3.05) is 45.7 Å². The maximum absolute atomic E-state index is 5.63. The third-order valence-electron chi connectivity index (χ3n) is 2.49. The van der Waals surface area contributed by atoms with Gasteiger partial charge in [0, 0.05) is 0 Å². The second-order valence-corrected chi connectivity index (χ2v) is 16.8. The quantitative estimate of drug-likeness (QED) is 0.534. The summed E-state index contributed by atoms with van der Waals surface area (Å²) >= 11 is -1.11. The zero-order chi connectivity index (χ0) is 14.3. The topological polar surface area (TPSA) is 52.0 Å². The van der Waals surface area contributed by atoms with E-state index in [0.717, 1.165) is 29.1 Å². The van der Waals surface area contributed by atoms with E-state index in [1.54, 1.807) is 0 Å². The van der Waals surface area contributed by atoms with E-state index in [1.165, 1.54) is 10.0 Å². The van der Waals surface area contributed by atoms with E-state index in [-0.39, 0.29) is 0 Å². The van der Waals surface area contributed by atoms with Crippen LogP contribution in [0.3, 0.4) is 0 Å². The molecule has 0 saturated heterocycles. The first-order valence-electron chi connectivity index (χ1n) is 6.37. The predicted octanol–water partition coefficient (Wildman–Crippen LogP) is 0.962. The first-order chi connectivity index (χ1) is 8.99. The molecule has 0 spiro atoms. The van der Waals surface area contributed by atoms with Gasteiger partial charge in [-0.2, -0.15) is 0 Å². The van der Waals surface area contributed by atoms with Crippen molar-refractivity contribution in [3.63, 3.8) is 0 Å². The van der Waals surface area contributed by atoms with Gasteiger partial charge in [-0.3, -0.25) is 0 Å². The number of hydrogen-bond acceptors (Lipinski definition) is 4. The van der Waals surface area contributed by atoms with E-state index in [2.05, 4.69) is 65.5 Å². The van der Waals surface area contributed by atoms with Gasteiger partial charge in [0.2, 0.25) is 0 Å². The van der Waals surface area contributed by atoms with Gasteiger partial charge in [0.05, 0.1) is 0 Å². The Labute approximate surface area is 128 Å². The van der Waals surface area contributed by atoms with Crippen LogP contribution < -0.4 is 20.3 Å². The fraction of sp³-hybridized carbons (Fsp3) is 0.538. The van der Waals surface area contributed by atoms with Crippen molar-refractivity contribution in [1.29, 1.82) is 0 Å². The molecule has 0 aliphatic carbocycles. The normalized spacial score (nSPS) is 12.1. The molecule has 0 heterocycles. The number of rotatable bonds is 8. The number of nitrogens with zero attached hydrogens (tertiary/aromatic N) is 1. The molecule has 0 radical (unpaired) electrons. The summed E-state index contributed by atoms with van der Waals surface area (Å²) in [6.45, 7) is 1.52. The van der Waals surface area contributed by atoms with E-state index in [4.69, 9.17) is 11.5 Å². The molecule has 0 atom stereocenters. The van der Waals surface area contributed by atoms with Gasteiger partial charge in [0.1, 0.15) is 0 Å². The van der Waals surface area contributed by atoms with Crippen LogP contribution in [0.1, 0.15) is 0 Å². The molecule has 108 valence electrons. The van der Waals surface area contributed by atoms with E-state index < -0.39 is 12.3 Å². The molecular formula is C13H25AsN3S2+. The second-order valence-electron chi connectivity index (χ2n) is 5.03. The molecule has 0 saturated carbocycles. The van der Waals surface area contributed by atoms with E-state index in [9.17, 15) is 0 Å². The minimum atomic E-state index is -1.11. The van der Waals surface area contributed by atoms with Gasteiger partial charge in [-0.1, -0.05) is 0 Å². The molecule has 0 aromatic heterocycles. The molecule has 1 rings (SSSR count). The van der Waals surface area contributed by atoms with Crippen molar-refractivity contribution in [1.82, 2.24) is 4.48 Å². The summed E-state index contributed by atoms with van der Waals surface area (Å²) in [7, 11) is 10.7. The monoisotopic (exact) mass is 362 g/mol. The Balaban J connectivity index is 2.78. The fourth-order valence-corrected chi connectivity index (χ4v) is 13.7. The molecular weight excluding hydrogens is 337 g/mol. The summed E-state index contributed by atoms with van der Waals surface area (Å²) in [6, 6.07) is 9.10. The Hall–Kier alpha value is 0.358. The molecule has 0 unspecified atom stereocenters. The molecule has 6 heteroatoms. The standard InChI is InChI=1S/C13H25AsN3S2/c1-17(2,3)13-6-4-12(5-7-13)14(18-10-8-15)19-11-9-16/h4-7H,8-11,15-16H2,1-3H3/q+1. The first-order valence-corrected chi connectivity index (χ1v) is 13.8. The number of hydrogen-bond donors (Lipinski definition) is 2. The Kier molecular flexibility index (Phi) is 7.88. The fourth-order valence-electron chi connectivity index (χ4n) is 1.48. The molecule has 0 fully saturated rings. The van der Waals surface area contributed by atoms with E-state index in [0.29, 0.717) is 0 Å². The summed E-state index contributed by atoms with van der Waals surface area (Å²) < 4.78 is 2.36. The molecule has 0 aliphatic heterocycles. The van der Waals surface area contributed by atoms with Crippen molar-refractivity contribution in [2.24, 2.45) is 11.5 Å². The van der Waals surface area contributed by atoms with Crippen LogP contribution in [0.25, 0.3) is 0 Å². The second kappa shape index (κ2) is 8.60. The maximum atomic E-state index is 5.63. The molecule has 0 aliphatic rings. The van der Waals surface area contributed by atoms with Crippen LogP contribution in [0.4, 0.5) is 5.69 Å². The number of quaternary nitrogens is 1. The predicted molar refractivity (Wildman–Crippen MR) is 94.4 cm³/mol. The van der Waals surface area contributed by atoms with Crippen LogP contribution in [0.5, 0.6) is 0 Å². The first kappa shape index (κ1) is 17.4. The van der Waals surface area contributed by atoms with E-state index in [1.807, 2.05) is 0 Å². The van der Waals surface area contributed by atoms with Gasteiger partial charge in [-0.25, -0.2) is 0 Å². The molecule has 3 nitrogen and oxygen atoms in total. The van der Waals surface area contributed by atoms with Gasteiger partial charge in [-0.15, -0.1) is 0 Å². The zero-order valence-electron chi connectivity index (χ0n) is 12.0. The Morgan fingerprint density at radius 2 is 1.42 bits per heavy atom. The molecule has 19 heavy (non-hydrogen) atoms.